The highest BCUT2D eigenvalue weighted by Gasteiger charge is 2.23. The summed E-state index contributed by atoms with van der Waals surface area (Å²) in [5, 5.41) is 9.79. The molecule has 6 nitrogen and oxygen atoms in total. The number of para-hydroxylation sites is 1. The minimum atomic E-state index is -0.175. The van der Waals surface area contributed by atoms with E-state index in [-0.39, 0.29) is 18.1 Å². The quantitative estimate of drug-likeness (QED) is 0.884. The molecule has 1 N–H and O–H groups in total. The fourth-order valence-electron chi connectivity index (χ4n) is 3.07. The van der Waals surface area contributed by atoms with Crippen molar-refractivity contribution < 1.29 is 9.90 Å². The lowest BCUT2D eigenvalue weighted by Gasteiger charge is -2.34. The van der Waals surface area contributed by atoms with Gasteiger partial charge in [-0.3, -0.25) is 14.5 Å². The number of benzene rings is 1. The Hall–Kier alpha value is -2.18. The van der Waals surface area contributed by atoms with E-state index in [9.17, 15) is 9.59 Å². The normalized spacial score (nSPS) is 16.0. The van der Waals surface area contributed by atoms with Crippen molar-refractivity contribution in [1.29, 1.82) is 0 Å². The van der Waals surface area contributed by atoms with Gasteiger partial charge in [0.2, 0.25) is 0 Å². The summed E-state index contributed by atoms with van der Waals surface area (Å²) in [5.74, 6) is -0.0949. The average Bonchev–Trinajstić information content (AvgIpc) is 2.58. The van der Waals surface area contributed by atoms with Gasteiger partial charge in [0.15, 0.2) is 0 Å². The standard InChI is InChI=1S/C17H21N3O3/c1-18-15-5-3-2-4-13(15)14(12-16(18)22)17(23)20-8-6-19(7-9-20)10-11-21/h2-5,12,21H,6-11H2,1H3. The Morgan fingerprint density at radius 3 is 2.57 bits per heavy atom. The fraction of sp³-hybridized carbons (Fsp3) is 0.412. The first kappa shape index (κ1) is 15.7. The van der Waals surface area contributed by atoms with Gasteiger partial charge in [0.1, 0.15) is 0 Å². The monoisotopic (exact) mass is 315 g/mol. The minimum absolute atomic E-state index is 0.0949. The van der Waals surface area contributed by atoms with E-state index in [0.717, 1.165) is 24.0 Å². The van der Waals surface area contributed by atoms with E-state index < -0.39 is 0 Å². The number of aliphatic hydroxyl groups is 1. The summed E-state index contributed by atoms with van der Waals surface area (Å²) in [6, 6.07) is 8.91. The fourth-order valence-corrected chi connectivity index (χ4v) is 3.07. The average molecular weight is 315 g/mol. The van der Waals surface area contributed by atoms with Crippen molar-refractivity contribution in [3.8, 4) is 0 Å². The summed E-state index contributed by atoms with van der Waals surface area (Å²) in [4.78, 5) is 28.9. The third kappa shape index (κ3) is 3.00. The molecule has 0 spiro atoms. The van der Waals surface area contributed by atoms with Gasteiger partial charge in [-0.1, -0.05) is 18.2 Å². The predicted octanol–water partition coefficient (Wildman–Crippen LogP) is 0.289. The van der Waals surface area contributed by atoms with Crippen LogP contribution in [0.5, 0.6) is 0 Å². The largest absolute Gasteiger partial charge is 0.395 e. The Labute approximate surface area is 134 Å². The van der Waals surface area contributed by atoms with Crippen LogP contribution in [0.3, 0.4) is 0 Å². The van der Waals surface area contributed by atoms with Crippen LogP contribution in [0.25, 0.3) is 10.9 Å². The molecule has 1 aliphatic heterocycles. The Morgan fingerprint density at radius 2 is 1.87 bits per heavy atom. The number of hydrogen-bond acceptors (Lipinski definition) is 4. The topological polar surface area (TPSA) is 65.8 Å². The lowest BCUT2D eigenvalue weighted by molar-refractivity contribution is 0.0616. The van der Waals surface area contributed by atoms with Crippen LogP contribution >= 0.6 is 0 Å². The molecule has 0 aliphatic carbocycles. The Morgan fingerprint density at radius 1 is 1.17 bits per heavy atom. The van der Waals surface area contributed by atoms with Gasteiger partial charge in [-0.2, -0.15) is 0 Å². The molecule has 0 bridgehead atoms. The number of carbonyl (C=O) groups excluding carboxylic acids is 1. The Kier molecular flexibility index (Phi) is 4.45. The maximum atomic E-state index is 12.9. The number of aryl methyl sites for hydroxylation is 1. The minimum Gasteiger partial charge on any atom is -0.395 e. The van der Waals surface area contributed by atoms with Gasteiger partial charge in [0.25, 0.3) is 11.5 Å². The zero-order valence-electron chi connectivity index (χ0n) is 13.2. The van der Waals surface area contributed by atoms with Crippen LogP contribution in [0.4, 0.5) is 0 Å². The third-order valence-corrected chi connectivity index (χ3v) is 4.46. The molecule has 23 heavy (non-hydrogen) atoms. The van der Waals surface area contributed by atoms with Crippen LogP contribution in [-0.2, 0) is 7.05 Å². The first-order chi connectivity index (χ1) is 11.1. The number of aliphatic hydroxyl groups excluding tert-OH is 1. The number of aromatic nitrogens is 1. The van der Waals surface area contributed by atoms with E-state index in [4.69, 9.17) is 5.11 Å². The second kappa shape index (κ2) is 6.52. The lowest BCUT2D eigenvalue weighted by atomic mass is 10.1. The summed E-state index contributed by atoms with van der Waals surface area (Å²) >= 11 is 0. The molecule has 1 fully saturated rings. The molecule has 1 aromatic heterocycles. The lowest BCUT2D eigenvalue weighted by Crippen LogP contribution is -2.49. The molecule has 1 saturated heterocycles. The highest BCUT2D eigenvalue weighted by molar-refractivity contribution is 6.06. The third-order valence-electron chi connectivity index (χ3n) is 4.46. The van der Waals surface area contributed by atoms with Crippen LogP contribution in [0, 0.1) is 0 Å². The van der Waals surface area contributed by atoms with Crippen LogP contribution in [-0.4, -0.2) is 64.7 Å². The molecule has 2 heterocycles. The summed E-state index contributed by atoms with van der Waals surface area (Å²) < 4.78 is 1.56. The zero-order valence-corrected chi connectivity index (χ0v) is 13.2. The van der Waals surface area contributed by atoms with Crippen molar-refractivity contribution in [1.82, 2.24) is 14.4 Å². The van der Waals surface area contributed by atoms with Crippen molar-refractivity contribution in [2.24, 2.45) is 7.05 Å². The molecule has 3 rings (SSSR count). The van der Waals surface area contributed by atoms with Gasteiger partial charge in [-0.15, -0.1) is 0 Å². The number of pyridine rings is 1. The van der Waals surface area contributed by atoms with E-state index in [0.29, 0.717) is 25.2 Å². The van der Waals surface area contributed by atoms with Gasteiger partial charge >= 0.3 is 0 Å². The molecule has 1 aliphatic rings. The molecule has 1 amide bonds. The molecule has 0 atom stereocenters. The predicted molar refractivity (Wildman–Crippen MR) is 88.6 cm³/mol. The Bertz CT molecular complexity index is 776. The van der Waals surface area contributed by atoms with Gasteiger partial charge < -0.3 is 14.6 Å². The molecular formula is C17H21N3O3. The van der Waals surface area contributed by atoms with Crippen molar-refractivity contribution in [2.45, 2.75) is 0 Å². The summed E-state index contributed by atoms with van der Waals surface area (Å²) in [7, 11) is 1.71. The molecule has 6 heteroatoms. The second-order valence-corrected chi connectivity index (χ2v) is 5.83. The summed E-state index contributed by atoms with van der Waals surface area (Å²) in [6.45, 7) is 3.49. The van der Waals surface area contributed by atoms with Gasteiger partial charge in [-0.05, 0) is 6.07 Å². The highest BCUT2D eigenvalue weighted by atomic mass is 16.3. The SMILES string of the molecule is Cn1c(=O)cc(C(=O)N2CCN(CCO)CC2)c2ccccc21. The number of β-amino-alcohol motifs (C(OH)–C–C–N with tert-alkyl or cyclic N) is 1. The number of rotatable bonds is 3. The van der Waals surface area contributed by atoms with Crippen LogP contribution < -0.4 is 5.56 Å². The van der Waals surface area contributed by atoms with Crippen molar-refractivity contribution in [2.75, 3.05) is 39.3 Å². The maximum absolute atomic E-state index is 12.9. The smallest absolute Gasteiger partial charge is 0.254 e. The molecule has 1 aromatic carbocycles. The van der Waals surface area contributed by atoms with Crippen LogP contribution in [0.15, 0.2) is 35.1 Å². The first-order valence-corrected chi connectivity index (χ1v) is 7.83. The highest BCUT2D eigenvalue weighted by Crippen LogP contribution is 2.18. The second-order valence-electron chi connectivity index (χ2n) is 5.83. The number of hydrogen-bond donors (Lipinski definition) is 1. The van der Waals surface area contributed by atoms with Crippen molar-refractivity contribution in [3.05, 3.63) is 46.2 Å². The van der Waals surface area contributed by atoms with Crippen LogP contribution in [0.2, 0.25) is 0 Å². The van der Waals surface area contributed by atoms with Gasteiger partial charge in [-0.25, -0.2) is 0 Å². The van der Waals surface area contributed by atoms with E-state index in [1.165, 1.54) is 6.07 Å². The molecule has 2 aromatic rings. The van der Waals surface area contributed by atoms with Gasteiger partial charge in [0.05, 0.1) is 17.7 Å². The van der Waals surface area contributed by atoms with Crippen molar-refractivity contribution >= 4 is 16.8 Å². The Balaban J connectivity index is 1.90. The number of piperazine rings is 1. The number of nitrogens with zero attached hydrogens (tertiary/aromatic N) is 3. The molecule has 0 radical (unpaired) electrons. The molecular weight excluding hydrogens is 294 g/mol. The number of fused-ring (bicyclic) bond motifs is 1. The van der Waals surface area contributed by atoms with E-state index >= 15 is 0 Å². The maximum Gasteiger partial charge on any atom is 0.254 e. The number of carbonyl (C=O) groups is 1. The van der Waals surface area contributed by atoms with Crippen molar-refractivity contribution in [3.63, 3.8) is 0 Å². The molecule has 122 valence electrons. The van der Waals surface area contributed by atoms with Gasteiger partial charge in [0, 0.05) is 51.2 Å². The van der Waals surface area contributed by atoms with Crippen LogP contribution in [0.1, 0.15) is 10.4 Å². The van der Waals surface area contributed by atoms with E-state index in [1.807, 2.05) is 24.3 Å². The molecule has 0 saturated carbocycles. The first-order valence-electron chi connectivity index (χ1n) is 7.83. The van der Waals surface area contributed by atoms with E-state index in [1.54, 1.807) is 16.5 Å². The summed E-state index contributed by atoms with van der Waals surface area (Å²) in [5.41, 5.74) is 1.06. The summed E-state index contributed by atoms with van der Waals surface area (Å²) in [6.07, 6.45) is 0. The number of amides is 1. The van der Waals surface area contributed by atoms with E-state index in [2.05, 4.69) is 4.90 Å². The zero-order chi connectivity index (χ0) is 16.4. The molecule has 0 unspecified atom stereocenters.